The molecule has 0 aliphatic rings. The minimum atomic E-state index is -1.09. The van der Waals surface area contributed by atoms with Gasteiger partial charge in [0.2, 0.25) is 6.10 Å². The van der Waals surface area contributed by atoms with E-state index in [1.54, 1.807) is 31.2 Å². The number of nitrogens with zero attached hydrogens (tertiary/aromatic N) is 3. The quantitative estimate of drug-likeness (QED) is 0.387. The third-order valence-electron chi connectivity index (χ3n) is 3.22. The van der Waals surface area contributed by atoms with Crippen molar-refractivity contribution in [3.63, 3.8) is 0 Å². The van der Waals surface area contributed by atoms with Crippen molar-refractivity contribution in [1.82, 2.24) is 5.23 Å². The Morgan fingerprint density at radius 2 is 2.11 bits per heavy atom. The van der Waals surface area contributed by atoms with Gasteiger partial charge in [-0.1, -0.05) is 35.8 Å². The van der Waals surface area contributed by atoms with E-state index < -0.39 is 22.9 Å². The van der Waals surface area contributed by atoms with E-state index >= 15 is 0 Å². The fourth-order valence-electron chi connectivity index (χ4n) is 1.89. The standard InChI is InChI=1S/C16H16ClN3O7/c1-2-14(26-18-9-13-7-8-15(25-13)20(23)24)16(21)27-19(22)10-11-3-5-12(17)6-4-11/h3-9,14,22H,2,10H2,1H3/t14-/m1/s1. The van der Waals surface area contributed by atoms with Crippen LogP contribution in [0.4, 0.5) is 5.88 Å². The second kappa shape index (κ2) is 9.67. The maximum Gasteiger partial charge on any atom is 0.433 e. The van der Waals surface area contributed by atoms with Crippen LogP contribution >= 0.6 is 11.6 Å². The van der Waals surface area contributed by atoms with Crippen molar-refractivity contribution in [1.29, 1.82) is 0 Å². The van der Waals surface area contributed by atoms with Crippen molar-refractivity contribution in [2.75, 3.05) is 0 Å². The molecule has 0 aliphatic carbocycles. The van der Waals surface area contributed by atoms with Crippen LogP contribution in [0.2, 0.25) is 5.02 Å². The Bertz CT molecular complexity index is 807. The highest BCUT2D eigenvalue weighted by Crippen LogP contribution is 2.14. The van der Waals surface area contributed by atoms with Gasteiger partial charge in [-0.25, -0.2) is 4.79 Å². The summed E-state index contributed by atoms with van der Waals surface area (Å²) in [5.74, 6) is -1.23. The molecule has 10 nitrogen and oxygen atoms in total. The highest BCUT2D eigenvalue weighted by Gasteiger charge is 2.23. The first-order valence-corrected chi connectivity index (χ1v) is 8.13. The Morgan fingerprint density at radius 1 is 1.41 bits per heavy atom. The van der Waals surface area contributed by atoms with Gasteiger partial charge < -0.3 is 14.1 Å². The molecule has 0 fully saturated rings. The molecule has 0 aliphatic heterocycles. The number of nitro groups is 1. The molecule has 11 heteroatoms. The molecule has 1 aromatic carbocycles. The van der Waals surface area contributed by atoms with Crippen LogP contribution in [0.15, 0.2) is 46.0 Å². The van der Waals surface area contributed by atoms with Gasteiger partial charge in [0, 0.05) is 5.02 Å². The second-order valence-corrected chi connectivity index (χ2v) is 5.65. The predicted octanol–water partition coefficient (Wildman–Crippen LogP) is 3.32. The molecule has 144 valence electrons. The average Bonchev–Trinajstić information content (AvgIpc) is 3.10. The topological polar surface area (TPSA) is 128 Å². The van der Waals surface area contributed by atoms with Crippen molar-refractivity contribution < 1.29 is 29.0 Å². The molecule has 27 heavy (non-hydrogen) atoms. The van der Waals surface area contributed by atoms with E-state index in [2.05, 4.69) is 5.16 Å². The normalized spacial score (nSPS) is 12.3. The predicted molar refractivity (Wildman–Crippen MR) is 93.0 cm³/mol. The van der Waals surface area contributed by atoms with E-state index in [4.69, 9.17) is 25.7 Å². The fourth-order valence-corrected chi connectivity index (χ4v) is 2.02. The van der Waals surface area contributed by atoms with E-state index in [-0.39, 0.29) is 18.7 Å². The number of carbonyl (C=O) groups is 1. The van der Waals surface area contributed by atoms with Gasteiger partial charge in [-0.05, 0) is 35.4 Å². The van der Waals surface area contributed by atoms with Crippen LogP contribution in [-0.4, -0.2) is 33.6 Å². The van der Waals surface area contributed by atoms with Gasteiger partial charge in [-0.3, -0.25) is 15.3 Å². The number of oxime groups is 1. The van der Waals surface area contributed by atoms with Crippen LogP contribution in [0.1, 0.15) is 24.7 Å². The third-order valence-corrected chi connectivity index (χ3v) is 3.47. The second-order valence-electron chi connectivity index (χ2n) is 5.22. The number of hydrogen-bond donors (Lipinski definition) is 1. The van der Waals surface area contributed by atoms with Gasteiger partial charge in [0.05, 0.1) is 12.6 Å². The highest BCUT2D eigenvalue weighted by atomic mass is 35.5. The molecular weight excluding hydrogens is 382 g/mol. The minimum absolute atomic E-state index is 0.0708. The van der Waals surface area contributed by atoms with Crippen molar-refractivity contribution in [3.8, 4) is 0 Å². The van der Waals surface area contributed by atoms with E-state index in [0.717, 1.165) is 12.3 Å². The molecular formula is C16H16ClN3O7. The molecule has 0 radical (unpaired) electrons. The zero-order chi connectivity index (χ0) is 19.8. The Morgan fingerprint density at radius 3 is 2.70 bits per heavy atom. The Labute approximate surface area is 158 Å². The van der Waals surface area contributed by atoms with Crippen LogP contribution in [0.5, 0.6) is 0 Å². The summed E-state index contributed by atoms with van der Waals surface area (Å²) >= 11 is 5.77. The van der Waals surface area contributed by atoms with Crippen molar-refractivity contribution in [2.24, 2.45) is 5.16 Å². The highest BCUT2D eigenvalue weighted by molar-refractivity contribution is 6.30. The van der Waals surface area contributed by atoms with Crippen molar-refractivity contribution in [3.05, 3.63) is 62.9 Å². The molecule has 0 amide bonds. The number of carbonyl (C=O) groups excluding carboxylic acids is 1. The number of furan rings is 1. The Kier molecular flexibility index (Phi) is 7.29. The number of hydrogen-bond acceptors (Lipinski definition) is 9. The zero-order valence-electron chi connectivity index (χ0n) is 14.1. The maximum atomic E-state index is 12.0. The average molecular weight is 398 g/mol. The first-order valence-electron chi connectivity index (χ1n) is 7.75. The summed E-state index contributed by atoms with van der Waals surface area (Å²) in [4.78, 5) is 31.6. The number of hydroxylamine groups is 2. The summed E-state index contributed by atoms with van der Waals surface area (Å²) in [6, 6.07) is 9.09. The number of halogens is 1. The monoisotopic (exact) mass is 397 g/mol. The molecule has 1 atom stereocenters. The Hall–Kier alpha value is -2.95. The van der Waals surface area contributed by atoms with E-state index in [1.807, 2.05) is 0 Å². The Balaban J connectivity index is 1.85. The van der Waals surface area contributed by atoms with Crippen molar-refractivity contribution >= 4 is 29.7 Å². The summed E-state index contributed by atoms with van der Waals surface area (Å²) in [6.07, 6.45) is 0.197. The zero-order valence-corrected chi connectivity index (χ0v) is 14.9. The van der Waals surface area contributed by atoms with Gasteiger partial charge in [-0.15, -0.1) is 0 Å². The van der Waals surface area contributed by atoms with E-state index in [9.17, 15) is 20.1 Å². The largest absolute Gasteiger partial charge is 0.433 e. The van der Waals surface area contributed by atoms with Crippen LogP contribution in [0.25, 0.3) is 0 Å². The van der Waals surface area contributed by atoms with Gasteiger partial charge >= 0.3 is 11.9 Å². The smallest absolute Gasteiger partial charge is 0.400 e. The lowest BCUT2D eigenvalue weighted by atomic mass is 10.2. The molecule has 0 spiro atoms. The van der Waals surface area contributed by atoms with Gasteiger partial charge in [-0.2, -0.15) is 0 Å². The lowest BCUT2D eigenvalue weighted by Gasteiger charge is -2.17. The summed E-state index contributed by atoms with van der Waals surface area (Å²) in [5.41, 5.74) is 0.668. The number of rotatable bonds is 9. The molecule has 1 aromatic heterocycles. The van der Waals surface area contributed by atoms with Gasteiger partial charge in [0.15, 0.2) is 5.76 Å². The van der Waals surface area contributed by atoms with Crippen LogP contribution < -0.4 is 0 Å². The minimum Gasteiger partial charge on any atom is -0.400 e. The molecule has 1 N–H and O–H groups in total. The van der Waals surface area contributed by atoms with Crippen LogP contribution in [-0.2, 0) is 21.0 Å². The third kappa shape index (κ3) is 6.37. The summed E-state index contributed by atoms with van der Waals surface area (Å²) in [5, 5.41) is 24.7. The first-order chi connectivity index (χ1) is 12.9. The SMILES string of the molecule is CC[C@@H](ON=Cc1ccc([N+](=O)[O-])o1)C(=O)ON(O)Cc1ccc(Cl)cc1. The fraction of sp³-hybridized carbons (Fsp3) is 0.250. The van der Waals surface area contributed by atoms with Crippen molar-refractivity contribution in [2.45, 2.75) is 26.0 Å². The van der Waals surface area contributed by atoms with E-state index in [1.165, 1.54) is 6.07 Å². The van der Waals surface area contributed by atoms with Gasteiger partial charge in [0.25, 0.3) is 0 Å². The summed E-state index contributed by atoms with van der Waals surface area (Å²) < 4.78 is 4.86. The van der Waals surface area contributed by atoms with Gasteiger partial charge in [0.1, 0.15) is 11.1 Å². The molecule has 2 rings (SSSR count). The molecule has 0 saturated heterocycles. The molecule has 0 unspecified atom stereocenters. The van der Waals surface area contributed by atoms with Crippen LogP contribution in [0, 0.1) is 10.1 Å². The number of benzene rings is 1. The lowest BCUT2D eigenvalue weighted by molar-refractivity contribution is -0.402. The summed E-state index contributed by atoms with van der Waals surface area (Å²) in [6.45, 7) is 1.58. The lowest BCUT2D eigenvalue weighted by Crippen LogP contribution is -2.31. The molecule has 0 saturated carbocycles. The maximum absolute atomic E-state index is 12.0. The molecule has 1 heterocycles. The summed E-state index contributed by atoms with van der Waals surface area (Å²) in [7, 11) is 0. The molecule has 2 aromatic rings. The van der Waals surface area contributed by atoms with E-state index in [0.29, 0.717) is 15.8 Å². The van der Waals surface area contributed by atoms with Crippen LogP contribution in [0.3, 0.4) is 0 Å². The first kappa shape index (κ1) is 20.4. The molecule has 0 bridgehead atoms.